The van der Waals surface area contributed by atoms with Crippen LogP contribution in [0.25, 0.3) is 21.3 Å². The third-order valence-electron chi connectivity index (χ3n) is 4.33. The van der Waals surface area contributed by atoms with E-state index in [0.29, 0.717) is 24.4 Å². The summed E-state index contributed by atoms with van der Waals surface area (Å²) in [6, 6.07) is 6.32. The highest BCUT2D eigenvalue weighted by atomic mass is 32.1. The molecule has 3 N–H and O–H groups in total. The van der Waals surface area contributed by atoms with Crippen molar-refractivity contribution in [3.05, 3.63) is 44.6 Å². The summed E-state index contributed by atoms with van der Waals surface area (Å²) in [5, 5.41) is 3.81. The number of hydrogen-bond donors (Lipinski definition) is 2. The van der Waals surface area contributed by atoms with Crippen LogP contribution in [0.2, 0.25) is 0 Å². The number of fused-ring (bicyclic) bond motifs is 1. The molecule has 0 atom stereocenters. The van der Waals surface area contributed by atoms with E-state index in [-0.39, 0.29) is 5.56 Å². The lowest BCUT2D eigenvalue weighted by Crippen LogP contribution is -2.24. The Bertz CT molecular complexity index is 971. The molecule has 0 spiro atoms. The Hall–Kier alpha value is -2.18. The second kappa shape index (κ2) is 6.37. The van der Waals surface area contributed by atoms with Crippen LogP contribution >= 0.6 is 11.3 Å². The molecule has 126 valence electrons. The van der Waals surface area contributed by atoms with Crippen molar-refractivity contribution in [3.63, 3.8) is 0 Å². The van der Waals surface area contributed by atoms with E-state index in [1.54, 1.807) is 23.0 Å². The first-order valence-electron chi connectivity index (χ1n) is 7.95. The normalized spacial score (nSPS) is 11.2. The molecule has 1 aromatic carbocycles. The van der Waals surface area contributed by atoms with Gasteiger partial charge in [-0.3, -0.25) is 9.36 Å². The van der Waals surface area contributed by atoms with E-state index in [0.717, 1.165) is 20.8 Å². The van der Waals surface area contributed by atoms with Crippen LogP contribution < -0.4 is 16.6 Å². The summed E-state index contributed by atoms with van der Waals surface area (Å²) in [6.45, 7) is 7.30. The minimum atomic E-state index is -0.0305. The molecule has 3 rings (SSSR count). The number of aryl methyl sites for hydroxylation is 3. The number of anilines is 1. The van der Waals surface area contributed by atoms with Gasteiger partial charge in [0.2, 0.25) is 5.95 Å². The summed E-state index contributed by atoms with van der Waals surface area (Å²) in [7, 11) is 1.74. The van der Waals surface area contributed by atoms with Gasteiger partial charge in [0, 0.05) is 30.6 Å². The van der Waals surface area contributed by atoms with Gasteiger partial charge in [0.15, 0.2) is 0 Å². The molecule has 0 fully saturated rings. The Morgan fingerprint density at radius 2 is 2.00 bits per heavy atom. The third kappa shape index (κ3) is 2.72. The van der Waals surface area contributed by atoms with Gasteiger partial charge in [-0.05, 0) is 37.5 Å². The monoisotopic (exact) mass is 342 g/mol. The quantitative estimate of drug-likeness (QED) is 0.764. The zero-order valence-corrected chi connectivity index (χ0v) is 15.3. The molecule has 24 heavy (non-hydrogen) atoms. The van der Waals surface area contributed by atoms with Crippen molar-refractivity contribution in [1.82, 2.24) is 9.55 Å². The molecule has 0 aliphatic rings. The molecule has 0 bridgehead atoms. The number of rotatable bonds is 4. The van der Waals surface area contributed by atoms with Crippen molar-refractivity contribution >= 4 is 27.5 Å². The summed E-state index contributed by atoms with van der Waals surface area (Å²) in [5.41, 5.74) is 10.0. The number of nitrogens with two attached hydrogens (primary N) is 1. The maximum absolute atomic E-state index is 12.9. The van der Waals surface area contributed by atoms with Gasteiger partial charge in [-0.1, -0.05) is 18.2 Å². The summed E-state index contributed by atoms with van der Waals surface area (Å²) in [5.74, 6) is 0.561. The number of aromatic nitrogens is 2. The van der Waals surface area contributed by atoms with Gasteiger partial charge in [-0.15, -0.1) is 11.3 Å². The first-order valence-corrected chi connectivity index (χ1v) is 8.77. The van der Waals surface area contributed by atoms with Crippen molar-refractivity contribution in [2.24, 2.45) is 12.8 Å². The van der Waals surface area contributed by atoms with Crippen molar-refractivity contribution in [2.45, 2.75) is 20.8 Å². The highest BCUT2D eigenvalue weighted by molar-refractivity contribution is 7.19. The van der Waals surface area contributed by atoms with E-state index >= 15 is 0 Å². The maximum atomic E-state index is 12.9. The molecule has 0 saturated carbocycles. The maximum Gasteiger partial charge on any atom is 0.264 e. The number of nitrogens with one attached hydrogen (secondary N) is 1. The SMILES string of the molecule is Cc1ccc(-c2c(C)sc3nc(NCCN)n(C)c(=O)c23)cc1C. The van der Waals surface area contributed by atoms with E-state index in [2.05, 4.69) is 42.3 Å². The van der Waals surface area contributed by atoms with Gasteiger partial charge in [-0.2, -0.15) is 0 Å². The Morgan fingerprint density at radius 1 is 1.25 bits per heavy atom. The first kappa shape index (κ1) is 16.7. The van der Waals surface area contributed by atoms with E-state index in [1.807, 2.05) is 6.92 Å². The highest BCUT2D eigenvalue weighted by Crippen LogP contribution is 2.36. The summed E-state index contributed by atoms with van der Waals surface area (Å²) >= 11 is 1.56. The molecule has 0 radical (unpaired) electrons. The van der Waals surface area contributed by atoms with Crippen molar-refractivity contribution < 1.29 is 0 Å². The summed E-state index contributed by atoms with van der Waals surface area (Å²) in [4.78, 5) is 19.4. The fraction of sp³-hybridized carbons (Fsp3) is 0.333. The predicted octanol–water partition coefficient (Wildman–Crippen LogP) is 2.96. The van der Waals surface area contributed by atoms with Crippen LogP contribution in [0.15, 0.2) is 23.0 Å². The zero-order chi connectivity index (χ0) is 17.4. The number of benzene rings is 1. The van der Waals surface area contributed by atoms with Gasteiger partial charge < -0.3 is 11.1 Å². The first-order chi connectivity index (χ1) is 11.4. The predicted molar refractivity (Wildman–Crippen MR) is 102 cm³/mol. The Labute approximate surface area is 145 Å². The molecule has 0 aliphatic heterocycles. The van der Waals surface area contributed by atoms with Crippen molar-refractivity contribution in [1.29, 1.82) is 0 Å². The van der Waals surface area contributed by atoms with Crippen LogP contribution in [0, 0.1) is 20.8 Å². The highest BCUT2D eigenvalue weighted by Gasteiger charge is 2.18. The molecular weight excluding hydrogens is 320 g/mol. The lowest BCUT2D eigenvalue weighted by atomic mass is 9.99. The largest absolute Gasteiger partial charge is 0.354 e. The van der Waals surface area contributed by atoms with Crippen LogP contribution in [0.4, 0.5) is 5.95 Å². The molecule has 3 aromatic rings. The van der Waals surface area contributed by atoms with Crippen molar-refractivity contribution in [3.8, 4) is 11.1 Å². The molecule has 5 nitrogen and oxygen atoms in total. The molecular formula is C18H22N4OS. The molecule has 0 amide bonds. The molecule has 2 heterocycles. The fourth-order valence-electron chi connectivity index (χ4n) is 2.83. The standard InChI is InChI=1S/C18H22N4OS/c1-10-5-6-13(9-11(10)2)14-12(3)24-16-15(14)17(23)22(4)18(21-16)20-8-7-19/h5-6,9H,7-8,19H2,1-4H3,(H,20,21). The van der Waals surface area contributed by atoms with Gasteiger partial charge in [0.05, 0.1) is 5.39 Å². The van der Waals surface area contributed by atoms with E-state index in [9.17, 15) is 4.79 Å². The van der Waals surface area contributed by atoms with E-state index in [1.165, 1.54) is 11.1 Å². The lowest BCUT2D eigenvalue weighted by Gasteiger charge is -2.10. The summed E-state index contributed by atoms with van der Waals surface area (Å²) < 4.78 is 1.56. The minimum absolute atomic E-state index is 0.0305. The zero-order valence-electron chi connectivity index (χ0n) is 14.4. The molecule has 0 aliphatic carbocycles. The smallest absolute Gasteiger partial charge is 0.264 e. The van der Waals surface area contributed by atoms with E-state index < -0.39 is 0 Å². The van der Waals surface area contributed by atoms with Crippen LogP contribution in [-0.2, 0) is 7.05 Å². The van der Waals surface area contributed by atoms with Crippen molar-refractivity contribution in [2.75, 3.05) is 18.4 Å². The van der Waals surface area contributed by atoms with Gasteiger partial charge in [0.25, 0.3) is 5.56 Å². The number of nitrogens with zero attached hydrogens (tertiary/aromatic N) is 2. The third-order valence-corrected chi connectivity index (χ3v) is 5.33. The van der Waals surface area contributed by atoms with Crippen LogP contribution in [-0.4, -0.2) is 22.6 Å². The second-order valence-corrected chi connectivity index (χ2v) is 7.23. The summed E-state index contributed by atoms with van der Waals surface area (Å²) in [6.07, 6.45) is 0. The van der Waals surface area contributed by atoms with E-state index in [4.69, 9.17) is 5.73 Å². The second-order valence-electron chi connectivity index (χ2n) is 6.03. The average Bonchev–Trinajstić information content (AvgIpc) is 2.88. The molecule has 6 heteroatoms. The van der Waals surface area contributed by atoms with Crippen LogP contribution in [0.1, 0.15) is 16.0 Å². The Kier molecular flexibility index (Phi) is 4.43. The molecule has 0 saturated heterocycles. The van der Waals surface area contributed by atoms with Crippen LogP contribution in [0.5, 0.6) is 0 Å². The number of thiophene rings is 1. The lowest BCUT2D eigenvalue weighted by molar-refractivity contribution is 0.837. The van der Waals surface area contributed by atoms with Gasteiger partial charge in [-0.25, -0.2) is 4.98 Å². The fourth-order valence-corrected chi connectivity index (χ4v) is 3.86. The Balaban J connectivity index is 2.26. The average molecular weight is 342 g/mol. The number of hydrogen-bond acceptors (Lipinski definition) is 5. The minimum Gasteiger partial charge on any atom is -0.354 e. The topological polar surface area (TPSA) is 72.9 Å². The van der Waals surface area contributed by atoms with Crippen LogP contribution in [0.3, 0.4) is 0 Å². The van der Waals surface area contributed by atoms with Gasteiger partial charge in [0.1, 0.15) is 4.83 Å². The Morgan fingerprint density at radius 3 is 2.67 bits per heavy atom. The molecule has 0 unspecified atom stereocenters. The van der Waals surface area contributed by atoms with Gasteiger partial charge >= 0.3 is 0 Å². The molecule has 2 aromatic heterocycles.